The van der Waals surface area contributed by atoms with E-state index in [1.165, 1.54) is 12.1 Å². The van der Waals surface area contributed by atoms with Gasteiger partial charge in [0, 0.05) is 6.07 Å². The minimum Gasteiger partial charge on any atom is -0.480 e. The van der Waals surface area contributed by atoms with Crippen LogP contribution < -0.4 is 0 Å². The number of nitrogens with zero attached hydrogens (tertiary/aromatic N) is 1. The summed E-state index contributed by atoms with van der Waals surface area (Å²) in [5.41, 5.74) is -0.657. The molecule has 1 atom stereocenters. The van der Waals surface area contributed by atoms with Gasteiger partial charge in [-0.15, -0.1) is 0 Å². The monoisotopic (exact) mass is 307 g/mol. The average Bonchev–Trinajstić information content (AvgIpc) is 2.30. The molecule has 0 aliphatic carbocycles. The summed E-state index contributed by atoms with van der Waals surface area (Å²) < 4.78 is 23.6. The van der Waals surface area contributed by atoms with Crippen molar-refractivity contribution in [3.8, 4) is 0 Å². The molecule has 0 aliphatic heterocycles. The van der Waals surface area contributed by atoms with Gasteiger partial charge in [-0.2, -0.15) is 0 Å². The second-order valence-electron chi connectivity index (χ2n) is 3.78. The van der Waals surface area contributed by atoms with Crippen LogP contribution in [0.25, 0.3) is 0 Å². The number of halogens is 1. The van der Waals surface area contributed by atoms with Crippen LogP contribution in [0.5, 0.6) is 0 Å². The topological polar surface area (TPSA) is 115 Å². The molecule has 0 heterocycles. The second kappa shape index (κ2) is 5.54. The highest BCUT2D eigenvalue weighted by atomic mass is 35.5. The normalized spacial score (nSPS) is 12.9. The van der Waals surface area contributed by atoms with E-state index in [1.807, 2.05) is 0 Å². The molecule has 0 radical (unpaired) electrons. The number of rotatable bonds is 5. The highest BCUT2D eigenvalue weighted by molar-refractivity contribution is 7.92. The van der Waals surface area contributed by atoms with Crippen LogP contribution in [0, 0.1) is 10.1 Å². The number of carbonyl (C=O) groups is 1. The van der Waals surface area contributed by atoms with Gasteiger partial charge in [0.2, 0.25) is 0 Å². The van der Waals surface area contributed by atoms with Crippen LogP contribution in [0.1, 0.15) is 12.5 Å². The van der Waals surface area contributed by atoms with Crippen molar-refractivity contribution in [2.24, 2.45) is 0 Å². The van der Waals surface area contributed by atoms with Gasteiger partial charge in [0.1, 0.15) is 0 Å². The molecule has 1 N–H and O–H groups in total. The van der Waals surface area contributed by atoms with Gasteiger partial charge < -0.3 is 5.11 Å². The van der Waals surface area contributed by atoms with Crippen molar-refractivity contribution >= 4 is 33.1 Å². The van der Waals surface area contributed by atoms with Crippen LogP contribution in [-0.2, 0) is 20.4 Å². The lowest BCUT2D eigenvalue weighted by molar-refractivity contribution is -0.385. The van der Waals surface area contributed by atoms with Crippen LogP contribution in [0.2, 0.25) is 5.02 Å². The van der Waals surface area contributed by atoms with Crippen LogP contribution in [0.4, 0.5) is 5.69 Å². The number of hydrogen-bond donors (Lipinski definition) is 1. The number of nitro benzene ring substituents is 1. The molecule has 7 nitrogen and oxygen atoms in total. The van der Waals surface area contributed by atoms with Gasteiger partial charge in [0.15, 0.2) is 15.1 Å². The third kappa shape index (κ3) is 3.42. The molecule has 0 aliphatic rings. The molecule has 0 aromatic heterocycles. The largest absolute Gasteiger partial charge is 0.480 e. The molecule has 0 spiro atoms. The maximum Gasteiger partial charge on any atom is 0.321 e. The molecule has 1 rings (SSSR count). The Balaban J connectivity index is 3.27. The lowest BCUT2D eigenvalue weighted by Crippen LogP contribution is -2.28. The van der Waals surface area contributed by atoms with Crippen molar-refractivity contribution in [2.45, 2.75) is 17.9 Å². The maximum absolute atomic E-state index is 11.8. The summed E-state index contributed by atoms with van der Waals surface area (Å²) in [5.74, 6) is -2.31. The van der Waals surface area contributed by atoms with E-state index in [9.17, 15) is 23.3 Å². The molecule has 9 heteroatoms. The Hall–Kier alpha value is -1.67. The first-order chi connectivity index (χ1) is 8.66. The van der Waals surface area contributed by atoms with Crippen LogP contribution >= 0.6 is 11.6 Å². The van der Waals surface area contributed by atoms with E-state index in [1.54, 1.807) is 0 Å². The van der Waals surface area contributed by atoms with Gasteiger partial charge in [-0.1, -0.05) is 17.7 Å². The first kappa shape index (κ1) is 15.4. The molecule has 1 unspecified atom stereocenters. The first-order valence-corrected chi connectivity index (χ1v) is 7.12. The summed E-state index contributed by atoms with van der Waals surface area (Å²) in [6, 6.07) is 3.74. The Bertz CT molecular complexity index is 627. The van der Waals surface area contributed by atoms with Crippen molar-refractivity contribution in [3.05, 3.63) is 38.9 Å². The van der Waals surface area contributed by atoms with Gasteiger partial charge in [-0.05, 0) is 13.0 Å². The van der Waals surface area contributed by atoms with E-state index in [4.69, 9.17) is 16.7 Å². The fourth-order valence-corrected chi connectivity index (χ4v) is 2.92. The Labute approximate surface area is 113 Å². The molecule has 0 bridgehead atoms. The Morgan fingerprint density at radius 2 is 2.11 bits per heavy atom. The van der Waals surface area contributed by atoms with Crippen molar-refractivity contribution < 1.29 is 23.2 Å². The molecule has 1 aromatic rings. The lowest BCUT2D eigenvalue weighted by atomic mass is 10.2. The second-order valence-corrected chi connectivity index (χ2v) is 6.51. The van der Waals surface area contributed by atoms with Gasteiger partial charge >= 0.3 is 5.97 Å². The minimum atomic E-state index is -4.08. The summed E-state index contributed by atoms with van der Waals surface area (Å²) in [4.78, 5) is 20.7. The fraction of sp³-hybridized carbons (Fsp3) is 0.300. The summed E-state index contributed by atoms with van der Waals surface area (Å²) in [6.45, 7) is 1.00. The zero-order valence-corrected chi connectivity index (χ0v) is 11.3. The summed E-state index contributed by atoms with van der Waals surface area (Å²) >= 11 is 5.75. The van der Waals surface area contributed by atoms with E-state index in [-0.39, 0.29) is 10.6 Å². The van der Waals surface area contributed by atoms with Crippen LogP contribution in [0.3, 0.4) is 0 Å². The average molecular weight is 308 g/mol. The molecule has 19 heavy (non-hydrogen) atoms. The predicted molar refractivity (Wildman–Crippen MR) is 67.8 cm³/mol. The van der Waals surface area contributed by atoms with E-state index in [0.717, 1.165) is 13.0 Å². The number of carboxylic acid groups (broad SMARTS) is 1. The zero-order chi connectivity index (χ0) is 14.8. The third-order valence-electron chi connectivity index (χ3n) is 2.52. The predicted octanol–water partition coefficient (Wildman–Crippen LogP) is 1.64. The highest BCUT2D eigenvalue weighted by Crippen LogP contribution is 2.29. The first-order valence-electron chi connectivity index (χ1n) is 5.03. The number of sulfone groups is 1. The van der Waals surface area contributed by atoms with Crippen molar-refractivity contribution in [1.82, 2.24) is 0 Å². The molecular formula is C10H10ClNO6S. The Morgan fingerprint density at radius 3 is 2.58 bits per heavy atom. The number of hydrogen-bond acceptors (Lipinski definition) is 5. The standard InChI is InChI=1S/C10H10ClNO6S/c1-6(10(13)14)19(17,18)5-7-8(11)3-2-4-9(7)12(15)16/h2-4,6H,5H2,1H3,(H,13,14). The number of nitro groups is 1. The fourth-order valence-electron chi connectivity index (χ4n) is 1.34. The maximum atomic E-state index is 11.8. The van der Waals surface area contributed by atoms with Gasteiger partial charge in [-0.25, -0.2) is 8.42 Å². The van der Waals surface area contributed by atoms with Gasteiger partial charge in [0.25, 0.3) is 5.69 Å². The van der Waals surface area contributed by atoms with E-state index in [0.29, 0.717) is 0 Å². The smallest absolute Gasteiger partial charge is 0.321 e. The Morgan fingerprint density at radius 1 is 1.53 bits per heavy atom. The number of aliphatic carboxylic acids is 1. The van der Waals surface area contributed by atoms with E-state index >= 15 is 0 Å². The zero-order valence-electron chi connectivity index (χ0n) is 9.74. The Kier molecular flexibility index (Phi) is 4.48. The quantitative estimate of drug-likeness (QED) is 0.653. The summed E-state index contributed by atoms with van der Waals surface area (Å²) in [6.07, 6.45) is 0. The van der Waals surface area contributed by atoms with E-state index in [2.05, 4.69) is 0 Å². The van der Waals surface area contributed by atoms with Crippen molar-refractivity contribution in [2.75, 3.05) is 0 Å². The molecule has 0 amide bonds. The van der Waals surface area contributed by atoms with Gasteiger partial charge in [0.05, 0.1) is 21.3 Å². The summed E-state index contributed by atoms with van der Waals surface area (Å²) in [5, 5.41) is 17.7. The number of benzene rings is 1. The van der Waals surface area contributed by atoms with E-state index < -0.39 is 37.4 Å². The van der Waals surface area contributed by atoms with Crippen molar-refractivity contribution in [3.63, 3.8) is 0 Å². The molecule has 1 aromatic carbocycles. The lowest BCUT2D eigenvalue weighted by Gasteiger charge is -2.10. The minimum absolute atomic E-state index is 0.0876. The summed E-state index contributed by atoms with van der Waals surface area (Å²) in [7, 11) is -4.08. The molecular weight excluding hydrogens is 298 g/mol. The number of carboxylic acids is 1. The van der Waals surface area contributed by atoms with Crippen molar-refractivity contribution in [1.29, 1.82) is 0 Å². The SMILES string of the molecule is CC(C(=O)O)S(=O)(=O)Cc1c(Cl)cccc1[N+](=O)[O-]. The highest BCUT2D eigenvalue weighted by Gasteiger charge is 2.31. The molecule has 0 fully saturated rings. The third-order valence-corrected chi connectivity index (χ3v) is 4.85. The van der Waals surface area contributed by atoms with Crippen LogP contribution in [0.15, 0.2) is 18.2 Å². The molecule has 0 saturated heterocycles. The molecule has 0 saturated carbocycles. The molecule has 104 valence electrons. The van der Waals surface area contributed by atoms with Gasteiger partial charge in [-0.3, -0.25) is 14.9 Å². The van der Waals surface area contributed by atoms with Crippen LogP contribution in [-0.4, -0.2) is 29.7 Å².